The highest BCUT2D eigenvalue weighted by Gasteiger charge is 2.20. The highest BCUT2D eigenvalue weighted by molar-refractivity contribution is 6.35. The van der Waals surface area contributed by atoms with Crippen LogP contribution in [0.3, 0.4) is 0 Å². The topological polar surface area (TPSA) is 96.3 Å². The lowest BCUT2D eigenvalue weighted by Gasteiger charge is -2.04. The maximum atomic E-state index is 10.0. The first-order valence-corrected chi connectivity index (χ1v) is 11.7. The third-order valence-corrected chi connectivity index (χ3v) is 6.48. The van der Waals surface area contributed by atoms with E-state index < -0.39 is 0 Å². The minimum absolute atomic E-state index is 0.149. The lowest BCUT2D eigenvalue weighted by atomic mass is 10.0. The summed E-state index contributed by atoms with van der Waals surface area (Å²) in [6.07, 6.45) is 4.21. The molecule has 3 aromatic carbocycles. The third kappa shape index (κ3) is 4.21. The number of hydrogen-bond acceptors (Lipinski definition) is 4. The van der Waals surface area contributed by atoms with Crippen molar-refractivity contribution in [1.29, 1.82) is 10.5 Å². The number of nitriles is 2. The zero-order valence-electron chi connectivity index (χ0n) is 18.9. The Hall–Kier alpha value is -4.49. The summed E-state index contributed by atoms with van der Waals surface area (Å²) in [7, 11) is 0. The number of nitrogens with two attached hydrogens (primary N) is 1. The first kappa shape index (κ1) is 23.3. The van der Waals surface area contributed by atoms with Crippen LogP contribution in [0.25, 0.3) is 28.4 Å². The molecule has 0 radical (unpaired) electrons. The van der Waals surface area contributed by atoms with Gasteiger partial charge >= 0.3 is 0 Å². The van der Waals surface area contributed by atoms with Gasteiger partial charge in [-0.2, -0.15) is 15.6 Å². The van der Waals surface area contributed by atoms with Gasteiger partial charge < -0.3 is 10.3 Å². The molecule has 36 heavy (non-hydrogen) atoms. The summed E-state index contributed by atoms with van der Waals surface area (Å²) in [5, 5.41) is 26.6. The molecule has 0 aliphatic heterocycles. The van der Waals surface area contributed by atoms with E-state index in [1.807, 2.05) is 77.5 Å². The fourth-order valence-electron chi connectivity index (χ4n) is 4.17. The van der Waals surface area contributed by atoms with Crippen molar-refractivity contribution in [3.63, 3.8) is 0 Å². The number of fused-ring (bicyclic) bond motifs is 1. The van der Waals surface area contributed by atoms with Crippen molar-refractivity contribution in [2.24, 2.45) is 0 Å². The molecule has 0 spiro atoms. The summed E-state index contributed by atoms with van der Waals surface area (Å²) in [5.74, 6) is 0.176. The number of halogens is 2. The van der Waals surface area contributed by atoms with Crippen molar-refractivity contribution < 1.29 is 0 Å². The van der Waals surface area contributed by atoms with Crippen LogP contribution in [0.2, 0.25) is 10.0 Å². The minimum atomic E-state index is 0.149. The van der Waals surface area contributed by atoms with Gasteiger partial charge in [-0.1, -0.05) is 65.7 Å². The smallest absolute Gasteiger partial charge is 0.145 e. The second-order valence-corrected chi connectivity index (χ2v) is 8.96. The average molecular weight is 509 g/mol. The van der Waals surface area contributed by atoms with Crippen LogP contribution in [0.4, 0.5) is 5.82 Å². The highest BCUT2D eigenvalue weighted by atomic mass is 35.5. The molecule has 0 saturated heterocycles. The SMILES string of the molecule is N#C/C(=C/n1cc(Cc2ccc(Cl)cc2Cl)c2ccccc21)c1nn(-c2ccccc2)c(N)c1C#N. The van der Waals surface area contributed by atoms with Crippen LogP contribution < -0.4 is 5.73 Å². The zero-order valence-corrected chi connectivity index (χ0v) is 20.4. The lowest BCUT2D eigenvalue weighted by Crippen LogP contribution is -2.02. The lowest BCUT2D eigenvalue weighted by molar-refractivity contribution is 0.884. The largest absolute Gasteiger partial charge is 0.382 e. The summed E-state index contributed by atoms with van der Waals surface area (Å²) in [5.41, 5.74) is 10.4. The van der Waals surface area contributed by atoms with Gasteiger partial charge in [-0.15, -0.1) is 0 Å². The van der Waals surface area contributed by atoms with Gasteiger partial charge in [0.15, 0.2) is 0 Å². The summed E-state index contributed by atoms with van der Waals surface area (Å²) < 4.78 is 3.34. The van der Waals surface area contributed by atoms with E-state index in [1.54, 1.807) is 12.3 Å². The predicted molar refractivity (Wildman–Crippen MR) is 144 cm³/mol. The normalized spacial score (nSPS) is 11.4. The van der Waals surface area contributed by atoms with Crippen LogP contribution in [0, 0.1) is 22.7 Å². The first-order valence-electron chi connectivity index (χ1n) is 11.0. The van der Waals surface area contributed by atoms with Crippen LogP contribution in [0.15, 0.2) is 79.0 Å². The maximum absolute atomic E-state index is 10.0. The molecule has 0 amide bonds. The zero-order chi connectivity index (χ0) is 25.2. The van der Waals surface area contributed by atoms with Gasteiger partial charge in [-0.05, 0) is 41.5 Å². The molecular formula is C28H18Cl2N6. The third-order valence-electron chi connectivity index (χ3n) is 5.90. The summed E-state index contributed by atoms with van der Waals surface area (Å²) in [6, 6.07) is 26.9. The number of para-hydroxylation sites is 2. The van der Waals surface area contributed by atoms with Crippen molar-refractivity contribution in [2.45, 2.75) is 6.42 Å². The Balaban J connectivity index is 1.63. The monoisotopic (exact) mass is 508 g/mol. The van der Waals surface area contributed by atoms with E-state index in [1.165, 1.54) is 4.68 Å². The molecule has 0 aliphatic rings. The number of aromatic nitrogens is 3. The molecule has 0 fully saturated rings. The quantitative estimate of drug-likeness (QED) is 0.267. The number of benzene rings is 3. The molecule has 8 heteroatoms. The van der Waals surface area contributed by atoms with Crippen molar-refractivity contribution in [3.05, 3.63) is 111 Å². The Bertz CT molecular complexity index is 1720. The van der Waals surface area contributed by atoms with Gasteiger partial charge in [0, 0.05) is 34.2 Å². The molecule has 0 atom stereocenters. The number of anilines is 1. The Morgan fingerprint density at radius 3 is 2.44 bits per heavy atom. The number of nitrogen functional groups attached to an aromatic ring is 1. The van der Waals surface area contributed by atoms with E-state index in [-0.39, 0.29) is 22.6 Å². The molecule has 5 rings (SSSR count). The first-order chi connectivity index (χ1) is 17.5. The fraction of sp³-hybridized carbons (Fsp3) is 0.0357. The molecular weight excluding hydrogens is 491 g/mol. The second kappa shape index (κ2) is 9.64. The Kier molecular flexibility index (Phi) is 6.23. The van der Waals surface area contributed by atoms with Gasteiger partial charge in [0.25, 0.3) is 0 Å². The maximum Gasteiger partial charge on any atom is 0.145 e. The van der Waals surface area contributed by atoms with Gasteiger partial charge in [-0.25, -0.2) is 4.68 Å². The highest BCUT2D eigenvalue weighted by Crippen LogP contribution is 2.30. The van der Waals surface area contributed by atoms with Gasteiger partial charge in [0.05, 0.1) is 16.8 Å². The van der Waals surface area contributed by atoms with E-state index in [9.17, 15) is 10.5 Å². The number of allylic oxidation sites excluding steroid dienone is 1. The van der Waals surface area contributed by atoms with Crippen LogP contribution >= 0.6 is 23.2 Å². The second-order valence-electron chi connectivity index (χ2n) is 8.11. The molecule has 0 saturated carbocycles. The molecule has 174 valence electrons. The molecule has 6 nitrogen and oxygen atoms in total. The van der Waals surface area contributed by atoms with E-state index in [0.717, 1.165) is 22.0 Å². The summed E-state index contributed by atoms with van der Waals surface area (Å²) in [4.78, 5) is 0. The van der Waals surface area contributed by atoms with E-state index >= 15 is 0 Å². The Morgan fingerprint density at radius 1 is 0.972 bits per heavy atom. The van der Waals surface area contributed by atoms with Crippen molar-refractivity contribution in [1.82, 2.24) is 14.3 Å². The minimum Gasteiger partial charge on any atom is -0.382 e. The molecule has 0 unspecified atom stereocenters. The standard InChI is InChI=1S/C28H18Cl2N6/c29-21-11-10-18(25(30)13-21)12-19-16-35(26-9-5-4-8-23(19)26)17-20(14-31)27-24(15-32)28(33)36(34-27)22-6-2-1-3-7-22/h1-11,13,16-17H,12,33H2/b20-17-. The van der Waals surface area contributed by atoms with Gasteiger partial charge in [0.1, 0.15) is 29.2 Å². The molecule has 2 heterocycles. The van der Waals surface area contributed by atoms with E-state index in [2.05, 4.69) is 17.2 Å². The molecule has 2 N–H and O–H groups in total. The molecule has 0 bridgehead atoms. The van der Waals surface area contributed by atoms with Crippen molar-refractivity contribution in [3.8, 4) is 17.8 Å². The summed E-state index contributed by atoms with van der Waals surface area (Å²) >= 11 is 12.5. The summed E-state index contributed by atoms with van der Waals surface area (Å²) in [6.45, 7) is 0. The van der Waals surface area contributed by atoms with E-state index in [4.69, 9.17) is 28.9 Å². The Morgan fingerprint density at radius 2 is 1.72 bits per heavy atom. The van der Waals surface area contributed by atoms with Crippen LogP contribution in [0.5, 0.6) is 0 Å². The predicted octanol–water partition coefficient (Wildman–Crippen LogP) is 6.70. The van der Waals surface area contributed by atoms with Gasteiger partial charge in [-0.3, -0.25) is 0 Å². The van der Waals surface area contributed by atoms with Crippen LogP contribution in [0.1, 0.15) is 22.4 Å². The average Bonchev–Trinajstić information content (AvgIpc) is 3.41. The number of nitrogens with zero attached hydrogens (tertiary/aromatic N) is 5. The van der Waals surface area contributed by atoms with Gasteiger partial charge in [0.2, 0.25) is 0 Å². The Labute approximate surface area is 217 Å². The molecule has 5 aromatic rings. The van der Waals surface area contributed by atoms with Crippen LogP contribution in [-0.2, 0) is 6.42 Å². The molecule has 0 aliphatic carbocycles. The van der Waals surface area contributed by atoms with Crippen molar-refractivity contribution >= 4 is 51.7 Å². The number of hydrogen-bond donors (Lipinski definition) is 1. The number of rotatable bonds is 5. The fourth-order valence-corrected chi connectivity index (χ4v) is 4.65. The molecule has 2 aromatic heterocycles. The van der Waals surface area contributed by atoms with Crippen molar-refractivity contribution in [2.75, 3.05) is 5.73 Å². The van der Waals surface area contributed by atoms with Crippen LogP contribution in [-0.4, -0.2) is 14.3 Å². The van der Waals surface area contributed by atoms with E-state index in [0.29, 0.717) is 22.2 Å².